The first-order chi connectivity index (χ1) is 9.61. The highest BCUT2D eigenvalue weighted by molar-refractivity contribution is 5.85. The standard InChI is InChI=1S/C12H25N3O5/c1-19-8-9-20-7-6-14-11(16)10(15-12(17)18)4-2-3-5-13/h10,15H,2-9,13H2,1H3,(H,14,16)(H,17,18)/t10-/m1/s1. The number of amides is 2. The zero-order chi connectivity index (χ0) is 15.2. The molecule has 8 nitrogen and oxygen atoms in total. The molecule has 0 fully saturated rings. The molecule has 0 aromatic rings. The van der Waals surface area contributed by atoms with E-state index in [1.165, 1.54) is 0 Å². The van der Waals surface area contributed by atoms with Gasteiger partial charge in [-0.1, -0.05) is 0 Å². The molecular formula is C12H25N3O5. The Morgan fingerprint density at radius 1 is 1.25 bits per heavy atom. The van der Waals surface area contributed by atoms with E-state index in [2.05, 4.69) is 10.6 Å². The second kappa shape index (κ2) is 12.6. The lowest BCUT2D eigenvalue weighted by atomic mass is 10.1. The number of carboxylic acid groups (broad SMARTS) is 1. The molecule has 0 bridgehead atoms. The molecule has 0 aliphatic heterocycles. The summed E-state index contributed by atoms with van der Waals surface area (Å²) < 4.78 is 10.00. The average Bonchev–Trinajstić information content (AvgIpc) is 2.41. The van der Waals surface area contributed by atoms with E-state index >= 15 is 0 Å². The van der Waals surface area contributed by atoms with E-state index in [1.54, 1.807) is 7.11 Å². The van der Waals surface area contributed by atoms with Crippen LogP contribution in [0.15, 0.2) is 0 Å². The molecule has 0 radical (unpaired) electrons. The van der Waals surface area contributed by atoms with Crippen molar-refractivity contribution in [3.8, 4) is 0 Å². The van der Waals surface area contributed by atoms with Crippen LogP contribution in [0.4, 0.5) is 4.79 Å². The molecule has 0 spiro atoms. The Kier molecular flexibility index (Phi) is 11.8. The van der Waals surface area contributed by atoms with E-state index in [-0.39, 0.29) is 5.91 Å². The van der Waals surface area contributed by atoms with E-state index < -0.39 is 12.1 Å². The van der Waals surface area contributed by atoms with Gasteiger partial charge in [0.15, 0.2) is 0 Å². The fourth-order valence-electron chi connectivity index (χ4n) is 1.52. The van der Waals surface area contributed by atoms with Gasteiger partial charge in [-0.05, 0) is 25.8 Å². The third kappa shape index (κ3) is 10.5. The number of unbranched alkanes of at least 4 members (excludes halogenated alkanes) is 1. The molecule has 0 aliphatic rings. The number of nitrogens with two attached hydrogens (primary N) is 1. The summed E-state index contributed by atoms with van der Waals surface area (Å²) in [6.07, 6.45) is 0.666. The van der Waals surface area contributed by atoms with Crippen molar-refractivity contribution in [2.75, 3.05) is 40.0 Å². The van der Waals surface area contributed by atoms with Crippen molar-refractivity contribution in [3.05, 3.63) is 0 Å². The summed E-state index contributed by atoms with van der Waals surface area (Å²) in [6.45, 7) is 2.17. The van der Waals surface area contributed by atoms with E-state index in [1.807, 2.05) is 0 Å². The monoisotopic (exact) mass is 291 g/mol. The molecule has 0 aromatic carbocycles. The van der Waals surface area contributed by atoms with Crippen LogP contribution in [-0.4, -0.2) is 63.2 Å². The average molecular weight is 291 g/mol. The molecule has 0 aromatic heterocycles. The third-order valence-corrected chi connectivity index (χ3v) is 2.54. The smallest absolute Gasteiger partial charge is 0.405 e. The Labute approximate surface area is 119 Å². The molecule has 0 rings (SSSR count). The lowest BCUT2D eigenvalue weighted by Gasteiger charge is -2.16. The minimum atomic E-state index is -1.21. The van der Waals surface area contributed by atoms with Crippen molar-refractivity contribution in [2.24, 2.45) is 5.73 Å². The van der Waals surface area contributed by atoms with Crippen LogP contribution in [0.2, 0.25) is 0 Å². The summed E-state index contributed by atoms with van der Waals surface area (Å²) >= 11 is 0. The number of methoxy groups -OCH3 is 1. The number of ether oxygens (including phenoxy) is 2. The molecule has 118 valence electrons. The zero-order valence-corrected chi connectivity index (χ0v) is 11.9. The van der Waals surface area contributed by atoms with Crippen LogP contribution in [0.5, 0.6) is 0 Å². The highest BCUT2D eigenvalue weighted by Gasteiger charge is 2.19. The lowest BCUT2D eigenvalue weighted by Crippen LogP contribution is -2.47. The minimum absolute atomic E-state index is 0.331. The summed E-state index contributed by atoms with van der Waals surface area (Å²) in [5.74, 6) is -0.347. The Morgan fingerprint density at radius 2 is 2.00 bits per heavy atom. The van der Waals surface area contributed by atoms with Gasteiger partial charge >= 0.3 is 6.09 Å². The van der Waals surface area contributed by atoms with Crippen LogP contribution in [0, 0.1) is 0 Å². The summed E-state index contributed by atoms with van der Waals surface area (Å²) in [5, 5.41) is 13.5. The van der Waals surface area contributed by atoms with Gasteiger partial charge in [0.05, 0.1) is 19.8 Å². The second-order valence-corrected chi connectivity index (χ2v) is 4.18. The molecular weight excluding hydrogens is 266 g/mol. The molecule has 1 atom stereocenters. The van der Waals surface area contributed by atoms with Crippen molar-refractivity contribution in [1.82, 2.24) is 10.6 Å². The number of hydrogen-bond donors (Lipinski definition) is 4. The van der Waals surface area contributed by atoms with Gasteiger partial charge in [0.2, 0.25) is 5.91 Å². The van der Waals surface area contributed by atoms with Crippen LogP contribution in [-0.2, 0) is 14.3 Å². The first-order valence-electron chi connectivity index (χ1n) is 6.65. The fourth-order valence-corrected chi connectivity index (χ4v) is 1.52. The van der Waals surface area contributed by atoms with Gasteiger partial charge in [-0.25, -0.2) is 4.79 Å². The largest absolute Gasteiger partial charge is 0.465 e. The van der Waals surface area contributed by atoms with E-state index in [0.29, 0.717) is 45.8 Å². The summed E-state index contributed by atoms with van der Waals surface area (Å²) in [6, 6.07) is -0.752. The first-order valence-corrected chi connectivity index (χ1v) is 6.65. The maximum Gasteiger partial charge on any atom is 0.405 e. The maximum absolute atomic E-state index is 11.8. The molecule has 0 unspecified atom stereocenters. The van der Waals surface area contributed by atoms with Crippen molar-refractivity contribution < 1.29 is 24.2 Å². The molecule has 0 heterocycles. The summed E-state index contributed by atoms with van der Waals surface area (Å²) in [4.78, 5) is 22.5. The van der Waals surface area contributed by atoms with Crippen LogP contribution in [0.1, 0.15) is 19.3 Å². The predicted molar refractivity (Wildman–Crippen MR) is 73.6 cm³/mol. The number of hydrogen-bond acceptors (Lipinski definition) is 5. The highest BCUT2D eigenvalue weighted by atomic mass is 16.5. The van der Waals surface area contributed by atoms with E-state index in [4.69, 9.17) is 20.3 Å². The van der Waals surface area contributed by atoms with Crippen molar-refractivity contribution >= 4 is 12.0 Å². The molecule has 20 heavy (non-hydrogen) atoms. The van der Waals surface area contributed by atoms with Crippen molar-refractivity contribution in [2.45, 2.75) is 25.3 Å². The SMILES string of the molecule is COCCOCCNC(=O)[C@@H](CCCCN)NC(=O)O. The third-order valence-electron chi connectivity index (χ3n) is 2.54. The summed E-state index contributed by atoms with van der Waals surface area (Å²) in [7, 11) is 1.58. The Bertz CT molecular complexity index is 276. The lowest BCUT2D eigenvalue weighted by molar-refractivity contribution is -0.123. The zero-order valence-electron chi connectivity index (χ0n) is 11.9. The van der Waals surface area contributed by atoms with Crippen molar-refractivity contribution in [1.29, 1.82) is 0 Å². The molecule has 2 amide bonds. The quantitative estimate of drug-likeness (QED) is 0.361. The summed E-state index contributed by atoms with van der Waals surface area (Å²) in [5.41, 5.74) is 5.37. The van der Waals surface area contributed by atoms with Gasteiger partial charge in [0.1, 0.15) is 6.04 Å². The number of carbonyl (C=O) groups is 2. The Balaban J connectivity index is 3.90. The van der Waals surface area contributed by atoms with Crippen molar-refractivity contribution in [3.63, 3.8) is 0 Å². The molecule has 0 saturated carbocycles. The normalized spacial score (nSPS) is 11.9. The second-order valence-electron chi connectivity index (χ2n) is 4.18. The van der Waals surface area contributed by atoms with Crippen LogP contribution < -0.4 is 16.4 Å². The van der Waals surface area contributed by atoms with Gasteiger partial charge in [0.25, 0.3) is 0 Å². The number of carbonyl (C=O) groups excluding carboxylic acids is 1. The fraction of sp³-hybridized carbons (Fsp3) is 0.833. The molecule has 0 saturated heterocycles. The van der Waals surface area contributed by atoms with Gasteiger partial charge < -0.3 is 30.9 Å². The molecule has 8 heteroatoms. The number of rotatable bonds is 12. The predicted octanol–water partition coefficient (Wildman–Crippen LogP) is -0.469. The van der Waals surface area contributed by atoms with Gasteiger partial charge in [-0.15, -0.1) is 0 Å². The van der Waals surface area contributed by atoms with Crippen LogP contribution in [0.3, 0.4) is 0 Å². The van der Waals surface area contributed by atoms with Crippen LogP contribution in [0.25, 0.3) is 0 Å². The minimum Gasteiger partial charge on any atom is -0.465 e. The van der Waals surface area contributed by atoms with E-state index in [9.17, 15) is 9.59 Å². The molecule has 5 N–H and O–H groups in total. The topological polar surface area (TPSA) is 123 Å². The van der Waals surface area contributed by atoms with Crippen LogP contribution >= 0.6 is 0 Å². The Morgan fingerprint density at radius 3 is 2.60 bits per heavy atom. The maximum atomic E-state index is 11.8. The highest BCUT2D eigenvalue weighted by Crippen LogP contribution is 2.00. The first kappa shape index (κ1) is 18.6. The number of nitrogens with one attached hydrogen (secondary N) is 2. The Hall–Kier alpha value is -1.38. The van der Waals surface area contributed by atoms with E-state index in [0.717, 1.165) is 6.42 Å². The van der Waals surface area contributed by atoms with Gasteiger partial charge in [-0.3, -0.25) is 4.79 Å². The van der Waals surface area contributed by atoms with Gasteiger partial charge in [0, 0.05) is 13.7 Å². The molecule has 0 aliphatic carbocycles. The van der Waals surface area contributed by atoms with Gasteiger partial charge in [-0.2, -0.15) is 0 Å².